The molecule has 0 aromatic heterocycles. The van der Waals surface area contributed by atoms with Crippen molar-refractivity contribution in [2.24, 2.45) is 0 Å². The Hall–Kier alpha value is -0.970. The van der Waals surface area contributed by atoms with Gasteiger partial charge in [-0.2, -0.15) is 0 Å². The van der Waals surface area contributed by atoms with Crippen molar-refractivity contribution < 1.29 is 56.9 Å². The zero-order valence-electron chi connectivity index (χ0n) is 23.7. The predicted octanol–water partition coefficient (Wildman–Crippen LogP) is 0.0774. The van der Waals surface area contributed by atoms with E-state index < -0.39 is 5.97 Å². The zero-order valence-corrected chi connectivity index (χ0v) is 23.7. The van der Waals surface area contributed by atoms with Crippen molar-refractivity contribution in [2.75, 3.05) is 146 Å². The van der Waals surface area contributed by atoms with Gasteiger partial charge in [0.2, 0.25) is 0 Å². The number of hydrogen-bond acceptors (Lipinski definition) is 13. The number of piperidine rings is 1. The first kappa shape index (κ1) is 36.1. The van der Waals surface area contributed by atoms with Crippen LogP contribution >= 0.6 is 0 Å². The maximum atomic E-state index is 10.8. The van der Waals surface area contributed by atoms with E-state index in [4.69, 9.17) is 47.4 Å². The van der Waals surface area contributed by atoms with Crippen LogP contribution in [-0.2, 0) is 56.9 Å². The number of ether oxygens (including phenoxy) is 11. The highest BCUT2D eigenvalue weighted by Crippen LogP contribution is 2.06. The molecular weight excluding hydrogens is 518 g/mol. The van der Waals surface area contributed by atoms with Crippen LogP contribution in [0, 0.1) is 0 Å². The molecule has 1 rings (SSSR count). The van der Waals surface area contributed by atoms with Crippen LogP contribution in [0.1, 0.15) is 12.8 Å². The summed E-state index contributed by atoms with van der Waals surface area (Å²) in [4.78, 5) is 10.8. The molecule has 39 heavy (non-hydrogen) atoms. The molecule has 0 bridgehead atoms. The van der Waals surface area contributed by atoms with Gasteiger partial charge >= 0.3 is 5.97 Å². The molecule has 0 radical (unpaired) electrons. The lowest BCUT2D eigenvalue weighted by Gasteiger charge is -2.22. The molecule has 1 aliphatic rings. The SMILES string of the molecule is COC(=O)COCCOCCOCCOCCOCCOCCOCCOCCOCCOC1CCNCC1. The van der Waals surface area contributed by atoms with Gasteiger partial charge in [0.25, 0.3) is 0 Å². The minimum atomic E-state index is -0.404. The third-order valence-electron chi connectivity index (χ3n) is 5.29. The van der Waals surface area contributed by atoms with Crippen molar-refractivity contribution in [1.29, 1.82) is 0 Å². The second-order valence-corrected chi connectivity index (χ2v) is 8.35. The third-order valence-corrected chi connectivity index (χ3v) is 5.29. The number of nitrogens with one attached hydrogen (secondary N) is 1. The van der Waals surface area contributed by atoms with Gasteiger partial charge in [-0.1, -0.05) is 0 Å². The van der Waals surface area contributed by atoms with Crippen LogP contribution in [0.25, 0.3) is 0 Å². The summed E-state index contributed by atoms with van der Waals surface area (Å²) in [6.45, 7) is 11.1. The summed E-state index contributed by atoms with van der Waals surface area (Å²) in [5.41, 5.74) is 0. The van der Waals surface area contributed by atoms with Crippen LogP contribution in [0.15, 0.2) is 0 Å². The molecule has 0 unspecified atom stereocenters. The van der Waals surface area contributed by atoms with Crippen LogP contribution in [0.2, 0.25) is 0 Å². The summed E-state index contributed by atoms with van der Waals surface area (Å²) in [5.74, 6) is -0.404. The lowest BCUT2D eigenvalue weighted by Crippen LogP contribution is -2.33. The van der Waals surface area contributed by atoms with Gasteiger partial charge in [0.15, 0.2) is 0 Å². The molecule has 0 aromatic carbocycles. The van der Waals surface area contributed by atoms with Crippen molar-refractivity contribution in [1.82, 2.24) is 5.32 Å². The van der Waals surface area contributed by atoms with E-state index in [0.717, 1.165) is 25.9 Å². The summed E-state index contributed by atoms with van der Waals surface area (Å²) in [7, 11) is 1.32. The second-order valence-electron chi connectivity index (χ2n) is 8.35. The normalized spacial score (nSPS) is 14.2. The molecule has 1 fully saturated rings. The van der Waals surface area contributed by atoms with Crippen LogP contribution in [0.3, 0.4) is 0 Å². The van der Waals surface area contributed by atoms with E-state index in [2.05, 4.69) is 10.1 Å². The van der Waals surface area contributed by atoms with Gasteiger partial charge in [0.05, 0.1) is 132 Å². The smallest absolute Gasteiger partial charge is 0.331 e. The number of esters is 1. The molecule has 0 atom stereocenters. The molecule has 0 saturated carbocycles. The van der Waals surface area contributed by atoms with Crippen molar-refractivity contribution in [3.63, 3.8) is 0 Å². The fraction of sp³-hybridized carbons (Fsp3) is 0.962. The maximum absolute atomic E-state index is 10.8. The van der Waals surface area contributed by atoms with E-state index in [1.807, 2.05) is 0 Å². The number of rotatable bonds is 30. The van der Waals surface area contributed by atoms with Crippen molar-refractivity contribution in [3.8, 4) is 0 Å². The number of carbonyl (C=O) groups excluding carboxylic acids is 1. The van der Waals surface area contributed by atoms with E-state index in [9.17, 15) is 4.79 Å². The fourth-order valence-corrected chi connectivity index (χ4v) is 3.21. The summed E-state index contributed by atoms with van der Waals surface area (Å²) in [6.07, 6.45) is 2.53. The highest BCUT2D eigenvalue weighted by molar-refractivity contribution is 5.70. The number of carbonyl (C=O) groups is 1. The Bertz CT molecular complexity index is 511. The molecule has 1 saturated heterocycles. The molecular formula is C26H51NO12. The van der Waals surface area contributed by atoms with Crippen LogP contribution < -0.4 is 5.32 Å². The maximum Gasteiger partial charge on any atom is 0.331 e. The molecule has 0 spiro atoms. The van der Waals surface area contributed by atoms with E-state index in [0.29, 0.717) is 125 Å². The highest BCUT2D eigenvalue weighted by atomic mass is 16.6. The first-order chi connectivity index (χ1) is 19.3. The van der Waals surface area contributed by atoms with E-state index >= 15 is 0 Å². The Kier molecular flexibility index (Phi) is 27.7. The van der Waals surface area contributed by atoms with Gasteiger partial charge in [-0.05, 0) is 25.9 Å². The van der Waals surface area contributed by atoms with Crippen LogP contribution in [0.4, 0.5) is 0 Å². The van der Waals surface area contributed by atoms with Gasteiger partial charge in [0.1, 0.15) is 6.61 Å². The minimum absolute atomic E-state index is 0.0660. The molecule has 1 aliphatic heterocycles. The van der Waals surface area contributed by atoms with E-state index in [-0.39, 0.29) is 6.61 Å². The average Bonchev–Trinajstić information content (AvgIpc) is 2.96. The average molecular weight is 570 g/mol. The van der Waals surface area contributed by atoms with Crippen molar-refractivity contribution in [2.45, 2.75) is 18.9 Å². The van der Waals surface area contributed by atoms with Gasteiger partial charge < -0.3 is 57.4 Å². The van der Waals surface area contributed by atoms with Crippen LogP contribution in [0.5, 0.6) is 0 Å². The fourth-order valence-electron chi connectivity index (χ4n) is 3.21. The van der Waals surface area contributed by atoms with Gasteiger partial charge in [-0.15, -0.1) is 0 Å². The first-order valence-corrected chi connectivity index (χ1v) is 13.9. The topological polar surface area (TPSA) is 131 Å². The Balaban J connectivity index is 1.62. The Morgan fingerprint density at radius 2 is 0.821 bits per heavy atom. The summed E-state index contributed by atoms with van der Waals surface area (Å²) >= 11 is 0. The largest absolute Gasteiger partial charge is 0.467 e. The first-order valence-electron chi connectivity index (χ1n) is 13.9. The minimum Gasteiger partial charge on any atom is -0.467 e. The Morgan fingerprint density at radius 3 is 1.15 bits per heavy atom. The van der Waals surface area contributed by atoms with Crippen molar-refractivity contribution in [3.05, 3.63) is 0 Å². The predicted molar refractivity (Wildman–Crippen MR) is 141 cm³/mol. The highest BCUT2D eigenvalue weighted by Gasteiger charge is 2.12. The van der Waals surface area contributed by atoms with Gasteiger partial charge in [-0.3, -0.25) is 0 Å². The lowest BCUT2D eigenvalue weighted by molar-refractivity contribution is -0.146. The summed E-state index contributed by atoms with van der Waals surface area (Å²) in [5, 5.41) is 3.32. The number of hydrogen-bond donors (Lipinski definition) is 1. The number of methoxy groups -OCH3 is 1. The molecule has 0 aliphatic carbocycles. The standard InChI is InChI=1S/C26H51NO12/c1-29-26(28)24-38-21-20-36-17-16-34-13-12-32-9-8-30-6-7-31-10-11-33-14-15-35-18-19-37-22-23-39-25-2-4-27-5-3-25/h25,27H,2-24H2,1H3. The summed E-state index contributed by atoms with van der Waals surface area (Å²) in [6, 6.07) is 0. The molecule has 13 nitrogen and oxygen atoms in total. The van der Waals surface area contributed by atoms with Crippen molar-refractivity contribution >= 4 is 5.97 Å². The van der Waals surface area contributed by atoms with Gasteiger partial charge in [-0.25, -0.2) is 4.79 Å². The molecule has 232 valence electrons. The Morgan fingerprint density at radius 1 is 0.513 bits per heavy atom. The summed E-state index contributed by atoms with van der Waals surface area (Å²) < 4.78 is 58.8. The third kappa shape index (κ3) is 27.0. The molecule has 0 aromatic rings. The lowest BCUT2D eigenvalue weighted by atomic mass is 10.1. The second kappa shape index (κ2) is 30.0. The molecule has 1 N–H and O–H groups in total. The monoisotopic (exact) mass is 569 g/mol. The molecule has 0 amide bonds. The van der Waals surface area contributed by atoms with E-state index in [1.54, 1.807) is 0 Å². The van der Waals surface area contributed by atoms with E-state index in [1.165, 1.54) is 7.11 Å². The zero-order chi connectivity index (χ0) is 27.9. The molecule has 1 heterocycles. The Labute approximate surface area is 233 Å². The van der Waals surface area contributed by atoms with Crippen LogP contribution in [-0.4, -0.2) is 158 Å². The quantitative estimate of drug-likeness (QED) is 0.0926. The van der Waals surface area contributed by atoms with Gasteiger partial charge in [0, 0.05) is 0 Å². The molecule has 13 heteroatoms.